The Morgan fingerprint density at radius 2 is 1.47 bits per heavy atom. The highest BCUT2D eigenvalue weighted by Crippen LogP contribution is 2.29. The summed E-state index contributed by atoms with van der Waals surface area (Å²) in [5.74, 6) is -11.6. The Kier molecular flexibility index (Phi) is 5.29. The smallest absolute Gasteiger partial charge is 0.207 e. The van der Waals surface area contributed by atoms with Crippen LogP contribution in [0.1, 0.15) is 6.92 Å². The third-order valence-electron chi connectivity index (χ3n) is 2.22. The first kappa shape index (κ1) is 15.4. The van der Waals surface area contributed by atoms with Crippen molar-refractivity contribution in [2.45, 2.75) is 6.92 Å². The largest absolute Gasteiger partial charge is 0.483 e. The number of rotatable bonds is 6. The van der Waals surface area contributed by atoms with Gasteiger partial charge in [0, 0.05) is 6.54 Å². The van der Waals surface area contributed by atoms with Crippen molar-refractivity contribution in [1.29, 1.82) is 0 Å². The van der Waals surface area contributed by atoms with Gasteiger partial charge in [-0.1, -0.05) is 13.5 Å². The molecule has 106 valence electrons. The van der Waals surface area contributed by atoms with Crippen LogP contribution in [0.5, 0.6) is 5.75 Å². The maximum absolute atomic E-state index is 13.2. The summed E-state index contributed by atoms with van der Waals surface area (Å²) in [6.07, 6.45) is 0. The number of likely N-dealkylation sites (N-methyl/N-ethyl adjacent to an activating group) is 1. The molecule has 2 nitrogen and oxygen atoms in total. The molecule has 0 radical (unpaired) electrons. The minimum Gasteiger partial charge on any atom is -0.483 e. The zero-order valence-electron chi connectivity index (χ0n) is 10.1. The molecule has 0 atom stereocenters. The lowest BCUT2D eigenvalue weighted by atomic mass is 10.2. The van der Waals surface area contributed by atoms with Gasteiger partial charge in [0.2, 0.25) is 29.1 Å². The van der Waals surface area contributed by atoms with Crippen LogP contribution in [0.15, 0.2) is 12.2 Å². The van der Waals surface area contributed by atoms with Crippen molar-refractivity contribution in [3.63, 3.8) is 0 Å². The number of hydrogen-bond donors (Lipinski definition) is 1. The van der Waals surface area contributed by atoms with Crippen LogP contribution in [0.25, 0.3) is 0 Å². The predicted molar refractivity (Wildman–Crippen MR) is 59.4 cm³/mol. The minimum absolute atomic E-state index is 0.311. The number of nitrogens with one attached hydrogen (secondary N) is 1. The van der Waals surface area contributed by atoms with E-state index in [2.05, 4.69) is 16.6 Å². The second kappa shape index (κ2) is 6.51. The van der Waals surface area contributed by atoms with Gasteiger partial charge in [0.05, 0.1) is 0 Å². The first-order chi connectivity index (χ1) is 8.90. The van der Waals surface area contributed by atoms with E-state index in [0.717, 1.165) is 0 Å². The van der Waals surface area contributed by atoms with Gasteiger partial charge in [0.1, 0.15) is 6.61 Å². The number of halogens is 5. The Labute approximate surface area is 106 Å². The average Bonchev–Trinajstić information content (AvgIpc) is 2.40. The second-order valence-corrected chi connectivity index (χ2v) is 3.72. The molecule has 1 aromatic carbocycles. The van der Waals surface area contributed by atoms with Gasteiger partial charge >= 0.3 is 0 Å². The molecular formula is C12H12F5NO. The molecule has 0 heterocycles. The molecule has 19 heavy (non-hydrogen) atoms. The molecule has 1 N–H and O–H groups in total. The third kappa shape index (κ3) is 3.44. The van der Waals surface area contributed by atoms with Crippen LogP contribution in [-0.2, 0) is 0 Å². The highest BCUT2D eigenvalue weighted by Gasteiger charge is 2.26. The summed E-state index contributed by atoms with van der Waals surface area (Å²) in [5, 5.41) is 2.87. The monoisotopic (exact) mass is 281 g/mol. The highest BCUT2D eigenvalue weighted by atomic mass is 19.2. The van der Waals surface area contributed by atoms with E-state index in [4.69, 9.17) is 0 Å². The minimum atomic E-state index is -2.21. The van der Waals surface area contributed by atoms with Gasteiger partial charge in [-0.05, 0) is 12.1 Å². The summed E-state index contributed by atoms with van der Waals surface area (Å²) in [7, 11) is 0. The Balaban J connectivity index is 2.87. The fourth-order valence-electron chi connectivity index (χ4n) is 1.24. The first-order valence-electron chi connectivity index (χ1n) is 5.41. The Morgan fingerprint density at radius 1 is 1.00 bits per heavy atom. The summed E-state index contributed by atoms with van der Waals surface area (Å²) >= 11 is 0. The van der Waals surface area contributed by atoms with Crippen molar-refractivity contribution >= 4 is 0 Å². The molecule has 1 aromatic rings. The summed E-state index contributed by atoms with van der Waals surface area (Å²) in [4.78, 5) is 0. The lowest BCUT2D eigenvalue weighted by molar-refractivity contribution is 0.280. The van der Waals surface area contributed by atoms with Crippen LogP contribution in [0.2, 0.25) is 0 Å². The second-order valence-electron chi connectivity index (χ2n) is 3.72. The van der Waals surface area contributed by atoms with Crippen molar-refractivity contribution in [3.8, 4) is 5.75 Å². The van der Waals surface area contributed by atoms with E-state index in [-0.39, 0.29) is 6.61 Å². The molecule has 0 aliphatic carbocycles. The van der Waals surface area contributed by atoms with Crippen LogP contribution < -0.4 is 10.1 Å². The normalized spacial score (nSPS) is 10.6. The molecule has 1 rings (SSSR count). The lowest BCUT2D eigenvalue weighted by Crippen LogP contribution is -2.19. The molecule has 0 spiro atoms. The van der Waals surface area contributed by atoms with Gasteiger partial charge in [-0.25, -0.2) is 13.2 Å². The van der Waals surface area contributed by atoms with E-state index in [9.17, 15) is 22.0 Å². The molecule has 0 aromatic heterocycles. The highest BCUT2D eigenvalue weighted by molar-refractivity contribution is 5.30. The van der Waals surface area contributed by atoms with Crippen molar-refractivity contribution in [1.82, 2.24) is 5.32 Å². The molecule has 0 bridgehead atoms. The summed E-state index contributed by atoms with van der Waals surface area (Å²) in [6, 6.07) is 0. The van der Waals surface area contributed by atoms with Crippen molar-refractivity contribution in [2.24, 2.45) is 0 Å². The van der Waals surface area contributed by atoms with E-state index in [1.54, 1.807) is 0 Å². The summed E-state index contributed by atoms with van der Waals surface area (Å²) < 4.78 is 69.5. The summed E-state index contributed by atoms with van der Waals surface area (Å²) in [6.45, 7) is 5.96. The zero-order valence-corrected chi connectivity index (χ0v) is 10.1. The number of ether oxygens (including phenoxy) is 1. The maximum atomic E-state index is 13.2. The summed E-state index contributed by atoms with van der Waals surface area (Å²) in [5.41, 5.74) is 0.408. The number of hydrogen-bond acceptors (Lipinski definition) is 2. The van der Waals surface area contributed by atoms with Gasteiger partial charge in [-0.2, -0.15) is 8.78 Å². The molecule has 0 amide bonds. The fraction of sp³-hybridized carbons (Fsp3) is 0.333. The predicted octanol–water partition coefficient (Wildman–Crippen LogP) is 2.93. The van der Waals surface area contributed by atoms with Gasteiger partial charge in [0.15, 0.2) is 5.75 Å². The van der Waals surface area contributed by atoms with E-state index in [1.165, 1.54) is 0 Å². The molecule has 7 heteroatoms. The van der Waals surface area contributed by atoms with E-state index in [1.807, 2.05) is 6.92 Å². The Morgan fingerprint density at radius 3 is 1.95 bits per heavy atom. The van der Waals surface area contributed by atoms with Crippen molar-refractivity contribution in [2.75, 3.05) is 19.7 Å². The van der Waals surface area contributed by atoms with E-state index < -0.39 is 34.8 Å². The zero-order chi connectivity index (χ0) is 14.6. The topological polar surface area (TPSA) is 21.3 Å². The lowest BCUT2D eigenvalue weighted by Gasteiger charge is -2.11. The van der Waals surface area contributed by atoms with Gasteiger partial charge < -0.3 is 10.1 Å². The third-order valence-corrected chi connectivity index (χ3v) is 2.22. The molecule has 0 saturated heterocycles. The molecular weight excluding hydrogens is 269 g/mol. The molecule has 0 fully saturated rings. The Bertz CT molecular complexity index is 460. The molecule has 0 saturated carbocycles. The van der Waals surface area contributed by atoms with Crippen LogP contribution in [-0.4, -0.2) is 19.7 Å². The number of benzene rings is 1. The van der Waals surface area contributed by atoms with E-state index >= 15 is 0 Å². The van der Waals surface area contributed by atoms with Crippen LogP contribution in [0, 0.1) is 29.1 Å². The van der Waals surface area contributed by atoms with Crippen molar-refractivity contribution < 1.29 is 26.7 Å². The Hall–Kier alpha value is -1.63. The molecule has 0 unspecified atom stereocenters. The maximum Gasteiger partial charge on any atom is 0.207 e. The van der Waals surface area contributed by atoms with Crippen molar-refractivity contribution in [3.05, 3.63) is 41.2 Å². The molecule has 0 aliphatic heterocycles. The molecule has 0 aliphatic rings. The van der Waals surface area contributed by atoms with Crippen LogP contribution >= 0.6 is 0 Å². The van der Waals surface area contributed by atoms with Gasteiger partial charge in [-0.3, -0.25) is 0 Å². The fourth-order valence-corrected chi connectivity index (χ4v) is 1.24. The quantitative estimate of drug-likeness (QED) is 0.375. The van der Waals surface area contributed by atoms with Gasteiger partial charge in [-0.15, -0.1) is 0 Å². The van der Waals surface area contributed by atoms with Crippen LogP contribution in [0.4, 0.5) is 22.0 Å². The SMILES string of the molecule is C=C(CNCC)COc1c(F)c(F)c(F)c(F)c1F. The van der Waals surface area contributed by atoms with Crippen LogP contribution in [0.3, 0.4) is 0 Å². The first-order valence-corrected chi connectivity index (χ1v) is 5.41. The van der Waals surface area contributed by atoms with E-state index in [0.29, 0.717) is 18.7 Å². The standard InChI is InChI=1S/C12H12F5NO/c1-3-18-4-6(2)5-19-12-10(16)8(14)7(13)9(15)11(12)17/h18H,2-5H2,1H3. The van der Waals surface area contributed by atoms with Gasteiger partial charge in [0.25, 0.3) is 0 Å². The average molecular weight is 281 g/mol.